The molecular weight excluding hydrogens is 200 g/mol. The Labute approximate surface area is 98.2 Å². The van der Waals surface area contributed by atoms with Crippen LogP contribution >= 0.6 is 0 Å². The summed E-state index contributed by atoms with van der Waals surface area (Å²) in [5.41, 5.74) is -0.745. The van der Waals surface area contributed by atoms with Crippen LogP contribution in [0.2, 0.25) is 0 Å². The number of rotatable bonds is 3. The summed E-state index contributed by atoms with van der Waals surface area (Å²) in [4.78, 5) is 12.1. The fraction of sp³-hybridized carbons (Fsp3) is 0.846. The first-order valence-electron chi connectivity index (χ1n) is 6.30. The summed E-state index contributed by atoms with van der Waals surface area (Å²) >= 11 is 0. The molecule has 0 unspecified atom stereocenters. The highest BCUT2D eigenvalue weighted by Gasteiger charge is 2.38. The van der Waals surface area contributed by atoms with Crippen LogP contribution in [-0.2, 0) is 4.79 Å². The molecule has 1 N–H and O–H groups in total. The van der Waals surface area contributed by atoms with Gasteiger partial charge in [-0.25, -0.2) is 0 Å². The lowest BCUT2D eigenvalue weighted by atomic mass is 9.81. The Balaban J connectivity index is 2.63. The van der Waals surface area contributed by atoms with Crippen LogP contribution in [0.1, 0.15) is 52.4 Å². The van der Waals surface area contributed by atoms with Crippen molar-refractivity contribution in [1.82, 2.24) is 5.32 Å². The minimum absolute atomic E-state index is 0.0504. The van der Waals surface area contributed by atoms with E-state index < -0.39 is 5.41 Å². The van der Waals surface area contributed by atoms with Crippen molar-refractivity contribution in [3.05, 3.63) is 0 Å². The third kappa shape index (κ3) is 3.23. The molecule has 0 spiro atoms. The molecular formula is C13H22N2O. The fourth-order valence-electron chi connectivity index (χ4n) is 2.19. The largest absolute Gasteiger partial charge is 0.354 e. The van der Waals surface area contributed by atoms with E-state index in [4.69, 9.17) is 0 Å². The molecule has 1 saturated carbocycles. The van der Waals surface area contributed by atoms with Crippen molar-refractivity contribution in [2.75, 3.05) is 6.54 Å². The third-order valence-corrected chi connectivity index (χ3v) is 3.28. The van der Waals surface area contributed by atoms with Gasteiger partial charge in [-0.2, -0.15) is 5.26 Å². The van der Waals surface area contributed by atoms with E-state index in [9.17, 15) is 10.1 Å². The smallest absolute Gasteiger partial charge is 0.240 e. The van der Waals surface area contributed by atoms with E-state index >= 15 is 0 Å². The average molecular weight is 222 g/mol. The average Bonchev–Trinajstić information content (AvgIpc) is 2.51. The first-order valence-corrected chi connectivity index (χ1v) is 6.30. The summed E-state index contributed by atoms with van der Waals surface area (Å²) in [5, 5.41) is 12.2. The third-order valence-electron chi connectivity index (χ3n) is 3.28. The standard InChI is InChI=1S/C13H22N2O/c1-11(2)9-15-12(16)13(10-14)7-5-3-4-6-8-13/h11H,3-9H2,1-2H3,(H,15,16). The second kappa shape index (κ2) is 5.89. The maximum absolute atomic E-state index is 12.1. The fourth-order valence-corrected chi connectivity index (χ4v) is 2.19. The van der Waals surface area contributed by atoms with Crippen LogP contribution in [0.25, 0.3) is 0 Å². The molecule has 0 radical (unpaired) electrons. The van der Waals surface area contributed by atoms with Gasteiger partial charge in [0.25, 0.3) is 0 Å². The van der Waals surface area contributed by atoms with Gasteiger partial charge in [-0.05, 0) is 18.8 Å². The van der Waals surface area contributed by atoms with Crippen LogP contribution in [-0.4, -0.2) is 12.5 Å². The van der Waals surface area contributed by atoms with Crippen molar-refractivity contribution in [1.29, 1.82) is 5.26 Å². The highest BCUT2D eigenvalue weighted by molar-refractivity contribution is 5.85. The van der Waals surface area contributed by atoms with Crippen molar-refractivity contribution in [3.8, 4) is 6.07 Å². The van der Waals surface area contributed by atoms with E-state index in [1.807, 2.05) is 0 Å². The van der Waals surface area contributed by atoms with Crippen LogP contribution in [0.4, 0.5) is 0 Å². The normalized spacial score (nSPS) is 19.9. The number of carbonyl (C=O) groups is 1. The summed E-state index contributed by atoms with van der Waals surface area (Å²) < 4.78 is 0. The van der Waals surface area contributed by atoms with Gasteiger partial charge in [0.15, 0.2) is 0 Å². The Kier molecular flexibility index (Phi) is 4.79. The van der Waals surface area contributed by atoms with Gasteiger partial charge in [0.2, 0.25) is 5.91 Å². The van der Waals surface area contributed by atoms with Crippen molar-refractivity contribution >= 4 is 5.91 Å². The van der Waals surface area contributed by atoms with Gasteiger partial charge in [0.1, 0.15) is 5.41 Å². The zero-order valence-corrected chi connectivity index (χ0v) is 10.4. The molecule has 1 aliphatic carbocycles. The Hall–Kier alpha value is -1.04. The maximum atomic E-state index is 12.1. The highest BCUT2D eigenvalue weighted by atomic mass is 16.2. The molecule has 1 fully saturated rings. The number of nitriles is 1. The van der Waals surface area contributed by atoms with Crippen LogP contribution in [0, 0.1) is 22.7 Å². The molecule has 3 heteroatoms. The Morgan fingerprint density at radius 3 is 2.31 bits per heavy atom. The predicted molar refractivity (Wildman–Crippen MR) is 63.6 cm³/mol. The van der Waals surface area contributed by atoms with Crippen molar-refractivity contribution < 1.29 is 4.79 Å². The molecule has 0 aromatic heterocycles. The first-order chi connectivity index (χ1) is 7.60. The van der Waals surface area contributed by atoms with Crippen LogP contribution in [0.5, 0.6) is 0 Å². The summed E-state index contributed by atoms with van der Waals surface area (Å²) in [7, 11) is 0. The molecule has 1 aliphatic rings. The summed E-state index contributed by atoms with van der Waals surface area (Å²) in [6, 6.07) is 2.27. The van der Waals surface area contributed by atoms with Gasteiger partial charge in [-0.15, -0.1) is 0 Å². The second-order valence-corrected chi connectivity index (χ2v) is 5.21. The Morgan fingerprint density at radius 2 is 1.88 bits per heavy atom. The molecule has 1 amide bonds. The molecule has 0 aromatic carbocycles. The van der Waals surface area contributed by atoms with Crippen LogP contribution in [0.15, 0.2) is 0 Å². The monoisotopic (exact) mass is 222 g/mol. The lowest BCUT2D eigenvalue weighted by Crippen LogP contribution is -2.41. The molecule has 0 aromatic rings. The van der Waals surface area contributed by atoms with Gasteiger partial charge in [0, 0.05) is 6.54 Å². The van der Waals surface area contributed by atoms with E-state index in [-0.39, 0.29) is 5.91 Å². The molecule has 0 heterocycles. The van der Waals surface area contributed by atoms with Crippen molar-refractivity contribution in [3.63, 3.8) is 0 Å². The number of amides is 1. The Morgan fingerprint density at radius 1 is 1.31 bits per heavy atom. The number of nitrogens with one attached hydrogen (secondary N) is 1. The molecule has 0 bridgehead atoms. The van der Waals surface area contributed by atoms with E-state index in [0.29, 0.717) is 12.5 Å². The minimum Gasteiger partial charge on any atom is -0.354 e. The number of hydrogen-bond donors (Lipinski definition) is 1. The molecule has 3 nitrogen and oxygen atoms in total. The molecule has 1 rings (SSSR count). The number of nitrogens with zero attached hydrogens (tertiary/aromatic N) is 1. The summed E-state index contributed by atoms with van der Waals surface area (Å²) in [6.07, 6.45) is 5.77. The van der Waals surface area contributed by atoms with E-state index in [2.05, 4.69) is 25.2 Å². The van der Waals surface area contributed by atoms with E-state index in [1.165, 1.54) is 0 Å². The quantitative estimate of drug-likeness (QED) is 0.746. The SMILES string of the molecule is CC(C)CNC(=O)C1(C#N)CCCCCC1. The van der Waals surface area contributed by atoms with Crippen molar-refractivity contribution in [2.45, 2.75) is 52.4 Å². The number of carbonyl (C=O) groups excluding carboxylic acids is 1. The number of hydrogen-bond acceptors (Lipinski definition) is 2. The topological polar surface area (TPSA) is 52.9 Å². The lowest BCUT2D eigenvalue weighted by Gasteiger charge is -2.24. The van der Waals surface area contributed by atoms with Crippen molar-refractivity contribution in [2.24, 2.45) is 11.3 Å². The van der Waals surface area contributed by atoms with Gasteiger partial charge in [-0.3, -0.25) is 4.79 Å². The lowest BCUT2D eigenvalue weighted by molar-refractivity contribution is -0.128. The summed E-state index contributed by atoms with van der Waals surface area (Å²) in [6.45, 7) is 4.79. The molecule has 90 valence electrons. The van der Waals surface area contributed by atoms with E-state index in [1.54, 1.807) is 0 Å². The molecule has 0 atom stereocenters. The van der Waals surface area contributed by atoms with Gasteiger partial charge >= 0.3 is 0 Å². The predicted octanol–water partition coefficient (Wildman–Crippen LogP) is 2.62. The highest BCUT2D eigenvalue weighted by Crippen LogP contribution is 2.34. The van der Waals surface area contributed by atoms with Gasteiger partial charge in [-0.1, -0.05) is 39.5 Å². The zero-order chi connectivity index (χ0) is 12.0. The van der Waals surface area contributed by atoms with Gasteiger partial charge < -0.3 is 5.32 Å². The van der Waals surface area contributed by atoms with E-state index in [0.717, 1.165) is 38.5 Å². The molecule has 16 heavy (non-hydrogen) atoms. The maximum Gasteiger partial charge on any atom is 0.240 e. The minimum atomic E-state index is -0.745. The Bertz CT molecular complexity index is 270. The molecule has 0 aliphatic heterocycles. The second-order valence-electron chi connectivity index (χ2n) is 5.21. The van der Waals surface area contributed by atoms with Gasteiger partial charge in [0.05, 0.1) is 6.07 Å². The van der Waals surface area contributed by atoms with Crippen LogP contribution < -0.4 is 5.32 Å². The zero-order valence-electron chi connectivity index (χ0n) is 10.4. The summed E-state index contributed by atoms with van der Waals surface area (Å²) in [5.74, 6) is 0.385. The first kappa shape index (κ1) is 13.0. The molecule has 0 saturated heterocycles. The van der Waals surface area contributed by atoms with Crippen LogP contribution in [0.3, 0.4) is 0 Å².